The molecule has 1 N–H and O–H groups in total. The van der Waals surface area contributed by atoms with Crippen LogP contribution in [0.5, 0.6) is 5.88 Å². The molecular formula is C25H29F5N6O2. The Bertz CT molecular complexity index is 1280. The number of nitrogens with zero attached hydrogens (tertiary/aromatic N) is 5. The number of nitrogens with one attached hydrogen (secondary N) is 1. The van der Waals surface area contributed by atoms with E-state index in [4.69, 9.17) is 14.6 Å². The van der Waals surface area contributed by atoms with Crippen molar-refractivity contribution in [2.75, 3.05) is 37.0 Å². The summed E-state index contributed by atoms with van der Waals surface area (Å²) in [4.78, 5) is 10.0. The molecule has 13 heteroatoms. The predicted molar refractivity (Wildman–Crippen MR) is 131 cm³/mol. The Kier molecular flexibility index (Phi) is 7.30. The number of hydrogen-bond acceptors (Lipinski definition) is 7. The molecule has 0 aromatic carbocycles. The van der Waals surface area contributed by atoms with E-state index in [-0.39, 0.29) is 12.6 Å². The number of aromatic nitrogens is 4. The molecule has 3 aromatic rings. The number of pyridine rings is 2. The van der Waals surface area contributed by atoms with E-state index in [0.29, 0.717) is 56.5 Å². The van der Waals surface area contributed by atoms with Gasteiger partial charge in [0.05, 0.1) is 29.1 Å². The van der Waals surface area contributed by atoms with Crippen molar-refractivity contribution >= 4 is 22.5 Å². The summed E-state index contributed by atoms with van der Waals surface area (Å²) in [5.74, 6) is -0.819. The van der Waals surface area contributed by atoms with Crippen molar-refractivity contribution in [3.05, 3.63) is 35.9 Å². The van der Waals surface area contributed by atoms with Crippen LogP contribution in [-0.2, 0) is 10.9 Å². The summed E-state index contributed by atoms with van der Waals surface area (Å²) in [6, 6.07) is 2.47. The third-order valence-electron chi connectivity index (χ3n) is 7.16. The van der Waals surface area contributed by atoms with Gasteiger partial charge in [0, 0.05) is 38.7 Å². The first-order valence-electron chi connectivity index (χ1n) is 12.6. The lowest BCUT2D eigenvalue weighted by atomic mass is 9.93. The van der Waals surface area contributed by atoms with E-state index in [9.17, 15) is 22.0 Å². The van der Waals surface area contributed by atoms with E-state index in [2.05, 4.69) is 15.3 Å². The number of anilines is 2. The zero-order valence-corrected chi connectivity index (χ0v) is 21.0. The van der Waals surface area contributed by atoms with Crippen molar-refractivity contribution in [2.24, 2.45) is 0 Å². The second-order valence-corrected chi connectivity index (χ2v) is 9.60. The molecule has 8 nitrogen and oxygen atoms in total. The van der Waals surface area contributed by atoms with Crippen LogP contribution in [0.3, 0.4) is 0 Å². The first-order chi connectivity index (χ1) is 18.2. The molecule has 2 fully saturated rings. The van der Waals surface area contributed by atoms with Crippen LogP contribution in [0.25, 0.3) is 10.9 Å². The molecule has 206 valence electrons. The van der Waals surface area contributed by atoms with Gasteiger partial charge in [0.15, 0.2) is 11.6 Å². The van der Waals surface area contributed by atoms with Gasteiger partial charge in [-0.3, -0.25) is 4.68 Å². The fourth-order valence-electron chi connectivity index (χ4n) is 5.23. The molecular weight excluding hydrogens is 511 g/mol. The van der Waals surface area contributed by atoms with E-state index in [1.54, 1.807) is 6.20 Å². The Hall–Kier alpha value is -3.22. The highest BCUT2D eigenvalue weighted by Gasteiger charge is 2.38. The minimum absolute atomic E-state index is 0.0377. The molecule has 2 aliphatic rings. The Morgan fingerprint density at radius 3 is 2.55 bits per heavy atom. The normalized spacial score (nSPS) is 24.2. The Labute approximate surface area is 216 Å². The van der Waals surface area contributed by atoms with Crippen molar-refractivity contribution in [1.29, 1.82) is 0 Å². The van der Waals surface area contributed by atoms with E-state index in [0.717, 1.165) is 17.1 Å². The third-order valence-corrected chi connectivity index (χ3v) is 7.16. The van der Waals surface area contributed by atoms with Crippen LogP contribution in [0.1, 0.15) is 44.2 Å². The third kappa shape index (κ3) is 5.07. The molecule has 0 radical (unpaired) electrons. The SMILES string of the molecule is CCNc1cc2c(cn1)c(N1C[C@H](OC)[C@@H](F)C1)nn2[C@H]1CC[C@@H](Oc2nccc(C(F)(F)F)c2F)CC1. The van der Waals surface area contributed by atoms with E-state index >= 15 is 0 Å². The first-order valence-corrected chi connectivity index (χ1v) is 12.6. The zero-order valence-electron chi connectivity index (χ0n) is 21.0. The summed E-state index contributed by atoms with van der Waals surface area (Å²) in [5, 5.41) is 8.87. The highest BCUT2D eigenvalue weighted by Crippen LogP contribution is 2.38. The smallest absolute Gasteiger partial charge is 0.419 e. The van der Waals surface area contributed by atoms with E-state index in [1.807, 2.05) is 22.6 Å². The first kappa shape index (κ1) is 26.4. The lowest BCUT2D eigenvalue weighted by Gasteiger charge is -2.29. The molecule has 1 saturated heterocycles. The largest absolute Gasteiger partial charge is 0.472 e. The molecule has 3 aromatic heterocycles. The second kappa shape index (κ2) is 10.5. The summed E-state index contributed by atoms with van der Waals surface area (Å²) in [6.07, 6.45) is -2.19. The van der Waals surface area contributed by atoms with Crippen molar-refractivity contribution < 1.29 is 31.4 Å². The van der Waals surface area contributed by atoms with E-state index in [1.165, 1.54) is 7.11 Å². The average molecular weight is 541 g/mol. The van der Waals surface area contributed by atoms with Crippen molar-refractivity contribution in [3.8, 4) is 5.88 Å². The van der Waals surface area contributed by atoms with Gasteiger partial charge in [0.1, 0.15) is 24.2 Å². The van der Waals surface area contributed by atoms with Crippen LogP contribution in [0.2, 0.25) is 0 Å². The van der Waals surface area contributed by atoms with Crippen LogP contribution in [0.4, 0.5) is 33.6 Å². The molecule has 0 spiro atoms. The Morgan fingerprint density at radius 2 is 1.89 bits per heavy atom. The molecule has 1 saturated carbocycles. The summed E-state index contributed by atoms with van der Waals surface area (Å²) >= 11 is 0. The van der Waals surface area contributed by atoms with Gasteiger partial charge in [0.25, 0.3) is 5.88 Å². The number of ether oxygens (including phenoxy) is 2. The number of halogens is 5. The lowest BCUT2D eigenvalue weighted by molar-refractivity contribution is -0.140. The van der Waals surface area contributed by atoms with Crippen molar-refractivity contribution in [1.82, 2.24) is 19.7 Å². The fraction of sp³-hybridized carbons (Fsp3) is 0.560. The van der Waals surface area contributed by atoms with Gasteiger partial charge in [0.2, 0.25) is 0 Å². The van der Waals surface area contributed by atoms with Gasteiger partial charge < -0.3 is 19.7 Å². The van der Waals surface area contributed by atoms with Gasteiger partial charge in [-0.15, -0.1) is 0 Å². The van der Waals surface area contributed by atoms with Crippen molar-refractivity contribution in [3.63, 3.8) is 0 Å². The number of methoxy groups -OCH3 is 1. The molecule has 38 heavy (non-hydrogen) atoms. The monoisotopic (exact) mass is 540 g/mol. The zero-order chi connectivity index (χ0) is 27.0. The number of rotatable bonds is 7. The molecule has 2 atom stereocenters. The summed E-state index contributed by atoms with van der Waals surface area (Å²) in [7, 11) is 1.49. The highest BCUT2D eigenvalue weighted by molar-refractivity contribution is 5.91. The van der Waals surface area contributed by atoms with Crippen LogP contribution < -0.4 is 15.0 Å². The van der Waals surface area contributed by atoms with E-state index < -0.39 is 41.8 Å². The minimum Gasteiger partial charge on any atom is -0.472 e. The number of hydrogen-bond donors (Lipinski definition) is 1. The standard InChI is InChI=1S/C25H29F5N6O2/c1-3-31-21-10-19-16(11-33-21)23(35-12-18(26)20(13-35)37-2)34-36(19)14-4-6-15(7-5-14)38-24-22(27)17(8-9-32-24)25(28,29)30/h8-11,14-15,18,20H,3-7,12-13H2,1-2H3,(H,31,33)/t14-,15+,18-,20-/m0/s1. The lowest BCUT2D eigenvalue weighted by Crippen LogP contribution is -2.27. The number of alkyl halides is 4. The molecule has 4 heterocycles. The Morgan fingerprint density at radius 1 is 1.13 bits per heavy atom. The second-order valence-electron chi connectivity index (χ2n) is 9.60. The van der Waals surface area contributed by atoms with Gasteiger partial charge in [-0.05, 0) is 38.7 Å². The Balaban J connectivity index is 1.36. The highest BCUT2D eigenvalue weighted by atomic mass is 19.4. The molecule has 0 unspecified atom stereocenters. The molecule has 1 aliphatic carbocycles. The summed E-state index contributed by atoms with van der Waals surface area (Å²) < 4.78 is 80.8. The maximum atomic E-state index is 14.5. The molecule has 5 rings (SSSR count). The summed E-state index contributed by atoms with van der Waals surface area (Å²) in [5.41, 5.74) is -0.554. The summed E-state index contributed by atoms with van der Waals surface area (Å²) in [6.45, 7) is 3.19. The van der Waals surface area contributed by atoms with Gasteiger partial charge in [-0.2, -0.15) is 18.3 Å². The maximum Gasteiger partial charge on any atom is 0.419 e. The van der Waals surface area contributed by atoms with Gasteiger partial charge in [-0.25, -0.2) is 18.7 Å². The van der Waals surface area contributed by atoms with Gasteiger partial charge >= 0.3 is 6.18 Å². The van der Waals surface area contributed by atoms with Crippen LogP contribution in [0.15, 0.2) is 24.5 Å². The predicted octanol–water partition coefficient (Wildman–Crippen LogP) is 5.15. The molecule has 0 amide bonds. The van der Waals surface area contributed by atoms with Gasteiger partial charge in [-0.1, -0.05) is 0 Å². The average Bonchev–Trinajstić information content (AvgIpc) is 3.45. The molecule has 1 aliphatic heterocycles. The van der Waals surface area contributed by atoms with Crippen molar-refractivity contribution in [2.45, 2.75) is 63.2 Å². The minimum atomic E-state index is -4.83. The fourth-order valence-corrected chi connectivity index (χ4v) is 5.23. The quantitative estimate of drug-likeness (QED) is 0.416. The topological polar surface area (TPSA) is 77.3 Å². The number of fused-ring (bicyclic) bond motifs is 1. The van der Waals surface area contributed by atoms with Crippen LogP contribution in [-0.4, -0.2) is 64.9 Å². The van der Waals surface area contributed by atoms with Crippen LogP contribution >= 0.6 is 0 Å². The van der Waals surface area contributed by atoms with Crippen LogP contribution in [0, 0.1) is 5.82 Å². The molecule has 0 bridgehead atoms. The maximum absolute atomic E-state index is 14.5.